The Hall–Kier alpha value is -0.970. The average molecular weight is 523 g/mol. The molecule has 1 fully saturated rings. The number of nitrogens with zero attached hydrogens (tertiary/aromatic N) is 2. The van der Waals surface area contributed by atoms with Crippen molar-refractivity contribution in [1.29, 1.82) is 0 Å². The van der Waals surface area contributed by atoms with Crippen molar-refractivity contribution in [3.05, 3.63) is 35.6 Å². The Labute approximate surface area is 191 Å². The minimum atomic E-state index is -0.231. The molecule has 166 valence electrons. The standard InChI is InChI=1S/C21H34FN3O3.HI/c1-4-23-21(24-11-5-6-12-27-14-13-26-3)25-15-17(2)28-20(16-25)18-7-9-19(22)10-8-18;/h7-10,17,20H,4-6,11-16H2,1-3H3,(H,23,24);1H. The molecule has 1 aliphatic rings. The van der Waals surface area contributed by atoms with Gasteiger partial charge in [-0.2, -0.15) is 0 Å². The van der Waals surface area contributed by atoms with Crippen LogP contribution in [0.5, 0.6) is 0 Å². The highest BCUT2D eigenvalue weighted by molar-refractivity contribution is 14.0. The van der Waals surface area contributed by atoms with Crippen LogP contribution in [-0.4, -0.2) is 70.1 Å². The van der Waals surface area contributed by atoms with E-state index >= 15 is 0 Å². The fourth-order valence-electron chi connectivity index (χ4n) is 3.16. The van der Waals surface area contributed by atoms with E-state index in [1.807, 2.05) is 0 Å². The first-order chi connectivity index (χ1) is 13.6. The number of aliphatic imine (C=N–C) groups is 1. The summed E-state index contributed by atoms with van der Waals surface area (Å²) < 4.78 is 29.8. The molecule has 2 unspecified atom stereocenters. The van der Waals surface area contributed by atoms with Crippen LogP contribution in [0.3, 0.4) is 0 Å². The lowest BCUT2D eigenvalue weighted by molar-refractivity contribution is -0.0605. The second-order valence-electron chi connectivity index (χ2n) is 6.94. The molecule has 2 rings (SSSR count). The van der Waals surface area contributed by atoms with Gasteiger partial charge in [-0.1, -0.05) is 12.1 Å². The van der Waals surface area contributed by atoms with Gasteiger partial charge in [-0.15, -0.1) is 24.0 Å². The van der Waals surface area contributed by atoms with Gasteiger partial charge >= 0.3 is 0 Å². The molecule has 0 aliphatic carbocycles. The number of morpholine rings is 1. The Balaban J connectivity index is 0.00000420. The van der Waals surface area contributed by atoms with Crippen LogP contribution in [-0.2, 0) is 14.2 Å². The van der Waals surface area contributed by atoms with Gasteiger partial charge in [0.1, 0.15) is 11.9 Å². The van der Waals surface area contributed by atoms with Crippen LogP contribution >= 0.6 is 24.0 Å². The molecule has 0 saturated carbocycles. The van der Waals surface area contributed by atoms with Crippen molar-refractivity contribution in [1.82, 2.24) is 10.2 Å². The van der Waals surface area contributed by atoms with Gasteiger partial charge in [0.05, 0.1) is 25.9 Å². The predicted molar refractivity (Wildman–Crippen MR) is 125 cm³/mol. The smallest absolute Gasteiger partial charge is 0.194 e. The van der Waals surface area contributed by atoms with E-state index in [1.54, 1.807) is 19.2 Å². The maximum absolute atomic E-state index is 13.2. The highest BCUT2D eigenvalue weighted by atomic mass is 127. The molecule has 1 heterocycles. The first-order valence-corrected chi connectivity index (χ1v) is 10.1. The van der Waals surface area contributed by atoms with Crippen molar-refractivity contribution in [2.75, 3.05) is 53.1 Å². The first-order valence-electron chi connectivity index (χ1n) is 10.1. The van der Waals surface area contributed by atoms with Gasteiger partial charge in [-0.05, 0) is 44.4 Å². The predicted octanol–water partition coefficient (Wildman–Crippen LogP) is 3.61. The van der Waals surface area contributed by atoms with Crippen LogP contribution in [0.4, 0.5) is 4.39 Å². The number of guanidine groups is 1. The van der Waals surface area contributed by atoms with E-state index in [0.29, 0.717) is 19.8 Å². The number of halogens is 2. The van der Waals surface area contributed by atoms with Crippen molar-refractivity contribution in [3.8, 4) is 0 Å². The van der Waals surface area contributed by atoms with Gasteiger partial charge in [0, 0.05) is 33.4 Å². The Bertz CT molecular complexity index is 589. The quantitative estimate of drug-likeness (QED) is 0.220. The van der Waals surface area contributed by atoms with Crippen LogP contribution in [0.25, 0.3) is 0 Å². The third-order valence-electron chi connectivity index (χ3n) is 4.53. The maximum atomic E-state index is 13.2. The molecule has 0 amide bonds. The van der Waals surface area contributed by atoms with Crippen molar-refractivity contribution < 1.29 is 18.6 Å². The molecule has 0 aromatic heterocycles. The van der Waals surface area contributed by atoms with E-state index in [-0.39, 0.29) is 42.0 Å². The Morgan fingerprint density at radius 1 is 1.21 bits per heavy atom. The summed E-state index contributed by atoms with van der Waals surface area (Å²) in [5.74, 6) is 0.677. The van der Waals surface area contributed by atoms with E-state index in [4.69, 9.17) is 19.2 Å². The topological polar surface area (TPSA) is 55.3 Å². The van der Waals surface area contributed by atoms with Crippen molar-refractivity contribution >= 4 is 29.9 Å². The fourth-order valence-corrected chi connectivity index (χ4v) is 3.16. The lowest BCUT2D eigenvalue weighted by atomic mass is 10.1. The molecule has 1 aromatic rings. The zero-order chi connectivity index (χ0) is 20.2. The number of hydrogen-bond donors (Lipinski definition) is 1. The number of nitrogens with one attached hydrogen (secondary N) is 1. The van der Waals surface area contributed by atoms with Crippen molar-refractivity contribution in [2.45, 2.75) is 38.9 Å². The van der Waals surface area contributed by atoms with E-state index in [9.17, 15) is 4.39 Å². The molecule has 8 heteroatoms. The zero-order valence-corrected chi connectivity index (χ0v) is 20.1. The lowest BCUT2D eigenvalue weighted by Crippen LogP contribution is -2.50. The highest BCUT2D eigenvalue weighted by Crippen LogP contribution is 2.25. The van der Waals surface area contributed by atoms with Crippen molar-refractivity contribution in [2.24, 2.45) is 4.99 Å². The van der Waals surface area contributed by atoms with E-state index < -0.39 is 0 Å². The summed E-state index contributed by atoms with van der Waals surface area (Å²) >= 11 is 0. The molecular weight excluding hydrogens is 488 g/mol. The summed E-state index contributed by atoms with van der Waals surface area (Å²) in [5.41, 5.74) is 0.988. The number of hydrogen-bond acceptors (Lipinski definition) is 4. The first kappa shape index (κ1) is 26.1. The number of ether oxygens (including phenoxy) is 3. The maximum Gasteiger partial charge on any atom is 0.194 e. The van der Waals surface area contributed by atoms with Gasteiger partial charge < -0.3 is 24.4 Å². The summed E-state index contributed by atoms with van der Waals surface area (Å²) in [5, 5.41) is 3.39. The summed E-state index contributed by atoms with van der Waals surface area (Å²) in [6.07, 6.45) is 1.93. The van der Waals surface area contributed by atoms with Crippen LogP contribution < -0.4 is 5.32 Å². The van der Waals surface area contributed by atoms with Crippen LogP contribution in [0, 0.1) is 5.82 Å². The van der Waals surface area contributed by atoms with E-state index in [2.05, 4.69) is 24.1 Å². The van der Waals surface area contributed by atoms with Crippen LogP contribution in [0.2, 0.25) is 0 Å². The van der Waals surface area contributed by atoms with E-state index in [1.165, 1.54) is 12.1 Å². The molecule has 0 radical (unpaired) electrons. The summed E-state index contributed by atoms with van der Waals surface area (Å²) in [4.78, 5) is 7.02. The molecule has 6 nitrogen and oxygen atoms in total. The summed E-state index contributed by atoms with van der Waals surface area (Å²) in [6, 6.07) is 6.56. The minimum absolute atomic E-state index is 0. The van der Waals surface area contributed by atoms with Gasteiger partial charge in [0.2, 0.25) is 0 Å². The third-order valence-corrected chi connectivity index (χ3v) is 4.53. The number of rotatable bonds is 10. The van der Waals surface area contributed by atoms with Gasteiger partial charge in [-0.25, -0.2) is 4.39 Å². The molecule has 1 aliphatic heterocycles. The Kier molecular flexibility index (Phi) is 13.4. The summed E-state index contributed by atoms with van der Waals surface area (Å²) in [7, 11) is 1.67. The average Bonchev–Trinajstić information content (AvgIpc) is 2.69. The largest absolute Gasteiger partial charge is 0.382 e. The number of unbranched alkanes of at least 4 members (excludes halogenated alkanes) is 1. The lowest BCUT2D eigenvalue weighted by Gasteiger charge is -2.38. The van der Waals surface area contributed by atoms with Crippen molar-refractivity contribution in [3.63, 3.8) is 0 Å². The van der Waals surface area contributed by atoms with Gasteiger partial charge in [0.25, 0.3) is 0 Å². The van der Waals surface area contributed by atoms with Gasteiger partial charge in [-0.3, -0.25) is 4.99 Å². The fraction of sp³-hybridized carbons (Fsp3) is 0.667. The molecule has 0 spiro atoms. The van der Waals surface area contributed by atoms with Crippen LogP contribution in [0.1, 0.15) is 38.4 Å². The second-order valence-corrected chi connectivity index (χ2v) is 6.94. The Morgan fingerprint density at radius 2 is 1.97 bits per heavy atom. The Morgan fingerprint density at radius 3 is 2.66 bits per heavy atom. The number of methoxy groups -OCH3 is 1. The summed E-state index contributed by atoms with van der Waals surface area (Å²) in [6.45, 7) is 9.17. The monoisotopic (exact) mass is 523 g/mol. The van der Waals surface area contributed by atoms with Crippen LogP contribution in [0.15, 0.2) is 29.3 Å². The molecule has 0 bridgehead atoms. The molecule has 29 heavy (non-hydrogen) atoms. The van der Waals surface area contributed by atoms with Gasteiger partial charge in [0.15, 0.2) is 5.96 Å². The molecule has 1 aromatic carbocycles. The normalized spacial score (nSPS) is 19.7. The highest BCUT2D eigenvalue weighted by Gasteiger charge is 2.28. The molecular formula is C21H35FIN3O3. The molecule has 1 N–H and O–H groups in total. The zero-order valence-electron chi connectivity index (χ0n) is 17.7. The molecule has 1 saturated heterocycles. The second kappa shape index (κ2) is 14.9. The minimum Gasteiger partial charge on any atom is -0.382 e. The number of benzene rings is 1. The SMILES string of the molecule is CCNC(=NCCCCOCCOC)N1CC(C)OC(c2ccc(F)cc2)C1.I. The molecule has 2 atom stereocenters. The third kappa shape index (κ3) is 9.59. The van der Waals surface area contributed by atoms with E-state index in [0.717, 1.165) is 50.6 Å².